The molecule has 0 atom stereocenters. The normalized spacial score (nSPS) is 11.1. The first-order valence-electron chi connectivity index (χ1n) is 5.11. The van der Waals surface area contributed by atoms with Gasteiger partial charge in [-0.05, 0) is 6.42 Å². The molecule has 8 heteroatoms. The Kier molecular flexibility index (Phi) is 6.55. The van der Waals surface area contributed by atoms with Crippen LogP contribution in [0.1, 0.15) is 13.3 Å². The van der Waals surface area contributed by atoms with E-state index in [9.17, 15) is 22.8 Å². The molecule has 0 fully saturated rings. The van der Waals surface area contributed by atoms with Crippen LogP contribution in [0.25, 0.3) is 0 Å². The molecule has 17 heavy (non-hydrogen) atoms. The zero-order valence-electron chi connectivity index (χ0n) is 9.51. The third-order valence-corrected chi connectivity index (χ3v) is 1.84. The summed E-state index contributed by atoms with van der Waals surface area (Å²) in [5, 5.41) is 2.13. The number of nitrogens with two attached hydrogens (primary N) is 1. The molecule has 0 aromatic heterocycles. The molecule has 2 amide bonds. The topological polar surface area (TPSA) is 75.4 Å². The lowest BCUT2D eigenvalue weighted by Gasteiger charge is -2.23. The monoisotopic (exact) mass is 255 g/mol. The summed E-state index contributed by atoms with van der Waals surface area (Å²) >= 11 is 0. The first kappa shape index (κ1) is 15.7. The third kappa shape index (κ3) is 7.56. The Hall–Kier alpha value is -1.31. The fraction of sp³-hybridized carbons (Fsp3) is 0.778. The molecule has 0 aliphatic carbocycles. The van der Waals surface area contributed by atoms with Crippen molar-refractivity contribution >= 4 is 11.8 Å². The molecule has 100 valence electrons. The van der Waals surface area contributed by atoms with Gasteiger partial charge in [0.25, 0.3) is 0 Å². The summed E-state index contributed by atoms with van der Waals surface area (Å²) in [6.07, 6.45) is -4.03. The molecular weight excluding hydrogens is 239 g/mol. The van der Waals surface area contributed by atoms with Crippen LogP contribution in [0.15, 0.2) is 0 Å². The Balaban J connectivity index is 4.29. The number of alkyl halides is 3. The minimum Gasteiger partial charge on any atom is -0.346 e. The third-order valence-electron chi connectivity index (χ3n) is 1.84. The van der Waals surface area contributed by atoms with Gasteiger partial charge in [0.1, 0.15) is 6.54 Å². The lowest BCUT2D eigenvalue weighted by molar-refractivity contribution is -0.160. The largest absolute Gasteiger partial charge is 0.406 e. The van der Waals surface area contributed by atoms with Gasteiger partial charge < -0.3 is 16.0 Å². The van der Waals surface area contributed by atoms with Gasteiger partial charge in [-0.25, -0.2) is 0 Å². The van der Waals surface area contributed by atoms with Crippen molar-refractivity contribution in [3.8, 4) is 0 Å². The Morgan fingerprint density at radius 1 is 1.35 bits per heavy atom. The molecule has 0 radical (unpaired) electrons. The van der Waals surface area contributed by atoms with Crippen molar-refractivity contribution in [1.82, 2.24) is 10.2 Å². The first-order chi connectivity index (χ1) is 7.80. The van der Waals surface area contributed by atoms with Crippen molar-refractivity contribution in [1.29, 1.82) is 0 Å². The summed E-state index contributed by atoms with van der Waals surface area (Å²) in [6.45, 7) is -0.420. The van der Waals surface area contributed by atoms with Gasteiger partial charge in [0.2, 0.25) is 11.8 Å². The zero-order valence-corrected chi connectivity index (χ0v) is 9.51. The van der Waals surface area contributed by atoms with Gasteiger partial charge in [-0.3, -0.25) is 9.59 Å². The number of halogens is 3. The molecular formula is C9H16F3N3O2. The molecule has 0 saturated carbocycles. The van der Waals surface area contributed by atoms with Gasteiger partial charge in [0.05, 0.1) is 13.1 Å². The van der Waals surface area contributed by atoms with E-state index in [0.29, 0.717) is 11.3 Å². The molecule has 5 nitrogen and oxygen atoms in total. The molecule has 0 aliphatic rings. The molecule has 0 saturated heterocycles. The molecule has 0 aromatic carbocycles. The maximum absolute atomic E-state index is 12.2. The molecule has 0 heterocycles. The van der Waals surface area contributed by atoms with Gasteiger partial charge in [0, 0.05) is 6.54 Å². The lowest BCUT2D eigenvalue weighted by atomic mass is 10.3. The lowest BCUT2D eigenvalue weighted by Crippen LogP contribution is -2.45. The van der Waals surface area contributed by atoms with Gasteiger partial charge >= 0.3 is 6.18 Å². The van der Waals surface area contributed by atoms with E-state index < -0.39 is 31.1 Å². The predicted molar refractivity (Wildman–Crippen MR) is 55.0 cm³/mol. The van der Waals surface area contributed by atoms with Crippen molar-refractivity contribution in [2.45, 2.75) is 19.5 Å². The smallest absolute Gasteiger partial charge is 0.346 e. The van der Waals surface area contributed by atoms with E-state index in [1.165, 1.54) is 0 Å². The highest BCUT2D eigenvalue weighted by molar-refractivity contribution is 5.85. The highest BCUT2D eigenvalue weighted by Crippen LogP contribution is 2.16. The van der Waals surface area contributed by atoms with Crippen molar-refractivity contribution in [3.05, 3.63) is 0 Å². The van der Waals surface area contributed by atoms with Crippen molar-refractivity contribution < 1.29 is 22.8 Å². The molecule has 0 bridgehead atoms. The van der Waals surface area contributed by atoms with Crippen LogP contribution in [0.5, 0.6) is 0 Å². The Morgan fingerprint density at radius 2 is 1.94 bits per heavy atom. The number of hydrogen-bond acceptors (Lipinski definition) is 3. The average Bonchev–Trinajstić information content (AvgIpc) is 2.23. The van der Waals surface area contributed by atoms with Gasteiger partial charge in [-0.2, -0.15) is 13.2 Å². The summed E-state index contributed by atoms with van der Waals surface area (Å²) in [4.78, 5) is 22.8. The number of carbonyl (C=O) groups excluding carboxylic acids is 2. The zero-order chi connectivity index (χ0) is 13.5. The fourth-order valence-electron chi connectivity index (χ4n) is 1.14. The molecule has 0 rings (SSSR count). The first-order valence-corrected chi connectivity index (χ1v) is 5.11. The van der Waals surface area contributed by atoms with E-state index in [1.807, 2.05) is 0 Å². The number of amides is 2. The number of carbonyl (C=O) groups is 2. The van der Waals surface area contributed by atoms with Crippen molar-refractivity contribution in [2.24, 2.45) is 5.73 Å². The molecule has 0 aromatic rings. The maximum Gasteiger partial charge on any atom is 0.406 e. The number of hydrogen-bond donors (Lipinski definition) is 2. The van der Waals surface area contributed by atoms with Crippen LogP contribution in [0.2, 0.25) is 0 Å². The Morgan fingerprint density at radius 3 is 2.35 bits per heavy atom. The summed E-state index contributed by atoms with van der Waals surface area (Å²) in [6, 6.07) is 0. The maximum atomic E-state index is 12.2. The number of rotatable bonds is 6. The van der Waals surface area contributed by atoms with Crippen LogP contribution in [-0.2, 0) is 9.59 Å². The summed E-state index contributed by atoms with van der Waals surface area (Å²) in [5.74, 6) is -1.35. The molecule has 0 spiro atoms. The van der Waals surface area contributed by atoms with E-state index in [2.05, 4.69) is 5.32 Å². The highest BCUT2D eigenvalue weighted by atomic mass is 19.4. The van der Waals surface area contributed by atoms with Crippen LogP contribution in [-0.4, -0.2) is 49.1 Å². The Labute approximate surface area is 97.1 Å². The van der Waals surface area contributed by atoms with E-state index in [4.69, 9.17) is 5.73 Å². The summed E-state index contributed by atoms with van der Waals surface area (Å²) in [5.41, 5.74) is 4.98. The number of nitrogens with zero attached hydrogens (tertiary/aromatic N) is 1. The highest BCUT2D eigenvalue weighted by Gasteiger charge is 2.32. The van der Waals surface area contributed by atoms with Crippen LogP contribution in [0.3, 0.4) is 0 Å². The van der Waals surface area contributed by atoms with Crippen LogP contribution in [0.4, 0.5) is 13.2 Å². The van der Waals surface area contributed by atoms with Gasteiger partial charge in [-0.15, -0.1) is 0 Å². The van der Waals surface area contributed by atoms with Crippen molar-refractivity contribution in [2.75, 3.05) is 26.2 Å². The van der Waals surface area contributed by atoms with Crippen LogP contribution < -0.4 is 11.1 Å². The predicted octanol–water partition coefficient (Wildman–Crippen LogP) is -0.138. The average molecular weight is 255 g/mol. The van der Waals surface area contributed by atoms with Crippen LogP contribution >= 0.6 is 0 Å². The minimum absolute atomic E-state index is 0.00314. The van der Waals surface area contributed by atoms with E-state index in [-0.39, 0.29) is 13.1 Å². The molecule has 3 N–H and O–H groups in total. The second-order valence-electron chi connectivity index (χ2n) is 3.41. The fourth-order valence-corrected chi connectivity index (χ4v) is 1.14. The molecule has 0 aliphatic heterocycles. The standard InChI is InChI=1S/C9H16F3N3O2/c1-2-3-15(6-9(10,11)12)8(17)5-14-7(16)4-13/h2-6,13H2,1H3,(H,14,16). The Bertz CT molecular complexity index is 269. The second-order valence-corrected chi connectivity index (χ2v) is 3.41. The van der Waals surface area contributed by atoms with Crippen molar-refractivity contribution in [3.63, 3.8) is 0 Å². The SMILES string of the molecule is CCCN(CC(F)(F)F)C(=O)CNC(=O)CN. The summed E-state index contributed by atoms with van der Waals surface area (Å²) in [7, 11) is 0. The van der Waals surface area contributed by atoms with E-state index in [0.717, 1.165) is 0 Å². The van der Waals surface area contributed by atoms with Gasteiger partial charge in [-0.1, -0.05) is 6.92 Å². The minimum atomic E-state index is -4.44. The quantitative estimate of drug-likeness (QED) is 0.693. The second kappa shape index (κ2) is 7.10. The molecule has 0 unspecified atom stereocenters. The van der Waals surface area contributed by atoms with Crippen LogP contribution in [0, 0.1) is 0 Å². The van der Waals surface area contributed by atoms with Gasteiger partial charge in [0.15, 0.2) is 0 Å². The van der Waals surface area contributed by atoms with E-state index in [1.54, 1.807) is 6.92 Å². The summed E-state index contributed by atoms with van der Waals surface area (Å²) < 4.78 is 36.5. The van der Waals surface area contributed by atoms with E-state index >= 15 is 0 Å². The number of nitrogens with one attached hydrogen (secondary N) is 1.